The summed E-state index contributed by atoms with van der Waals surface area (Å²) in [6.45, 7) is 0.501. The van der Waals surface area contributed by atoms with Crippen LogP contribution < -0.4 is 5.32 Å². The first-order chi connectivity index (χ1) is 8.60. The van der Waals surface area contributed by atoms with Crippen LogP contribution in [0, 0.1) is 11.6 Å². The summed E-state index contributed by atoms with van der Waals surface area (Å²) in [6.07, 6.45) is 0. The smallest absolute Gasteiger partial charge is 0.125 e. The zero-order valence-corrected chi connectivity index (χ0v) is 10.6. The maximum Gasteiger partial charge on any atom is 0.125 e. The average Bonchev–Trinajstić information content (AvgIpc) is 2.28. The lowest BCUT2D eigenvalue weighted by Gasteiger charge is -2.10. The van der Waals surface area contributed by atoms with Crippen molar-refractivity contribution in [2.24, 2.45) is 0 Å². The molecule has 0 aromatic heterocycles. The monoisotopic (exact) mass is 267 g/mol. The highest BCUT2D eigenvalue weighted by Gasteiger charge is 2.08. The van der Waals surface area contributed by atoms with E-state index in [0.717, 1.165) is 11.1 Å². The van der Waals surface area contributed by atoms with E-state index >= 15 is 0 Å². The van der Waals surface area contributed by atoms with Gasteiger partial charge in [-0.3, -0.25) is 0 Å². The molecule has 18 heavy (non-hydrogen) atoms. The molecule has 0 spiro atoms. The van der Waals surface area contributed by atoms with Crippen LogP contribution in [0.4, 0.5) is 8.78 Å². The number of hydrogen-bond acceptors (Lipinski definition) is 1. The molecule has 0 aliphatic rings. The maximum atomic E-state index is 13.3. The van der Waals surface area contributed by atoms with E-state index in [9.17, 15) is 8.78 Å². The third kappa shape index (κ3) is 2.86. The predicted molar refractivity (Wildman–Crippen MR) is 69.6 cm³/mol. The lowest BCUT2D eigenvalue weighted by Crippen LogP contribution is -2.06. The molecule has 0 heterocycles. The molecule has 1 nitrogen and oxygen atoms in total. The summed E-state index contributed by atoms with van der Waals surface area (Å²) in [5.74, 6) is -0.719. The number of hydrogen-bond donors (Lipinski definition) is 1. The Bertz CT molecular complexity index is 549. The summed E-state index contributed by atoms with van der Waals surface area (Å²) in [6, 6.07) is 8.71. The van der Waals surface area contributed by atoms with E-state index in [4.69, 9.17) is 11.6 Å². The van der Waals surface area contributed by atoms with Crippen molar-refractivity contribution in [3.8, 4) is 11.1 Å². The SMILES string of the molecule is CNCc1cc(F)ccc1-c1cc(F)cc(Cl)c1. The van der Waals surface area contributed by atoms with Gasteiger partial charge in [0, 0.05) is 11.6 Å². The molecule has 2 aromatic rings. The highest BCUT2D eigenvalue weighted by Crippen LogP contribution is 2.28. The molecule has 0 aliphatic heterocycles. The Morgan fingerprint density at radius 3 is 2.50 bits per heavy atom. The van der Waals surface area contributed by atoms with Gasteiger partial charge in [-0.05, 0) is 54.1 Å². The quantitative estimate of drug-likeness (QED) is 0.886. The lowest BCUT2D eigenvalue weighted by atomic mass is 9.99. The minimum absolute atomic E-state index is 0.313. The molecule has 0 bridgehead atoms. The van der Waals surface area contributed by atoms with E-state index in [2.05, 4.69) is 5.32 Å². The lowest BCUT2D eigenvalue weighted by molar-refractivity contribution is 0.624. The van der Waals surface area contributed by atoms with Crippen LogP contribution in [0.1, 0.15) is 5.56 Å². The Hall–Kier alpha value is -1.45. The van der Waals surface area contributed by atoms with Gasteiger partial charge < -0.3 is 5.32 Å². The van der Waals surface area contributed by atoms with Gasteiger partial charge in [0.1, 0.15) is 11.6 Å². The predicted octanol–water partition coefficient (Wildman–Crippen LogP) is 4.00. The van der Waals surface area contributed by atoms with E-state index in [1.165, 1.54) is 24.3 Å². The molecule has 0 atom stereocenters. The molecule has 0 saturated heterocycles. The zero-order chi connectivity index (χ0) is 13.1. The van der Waals surface area contributed by atoms with Gasteiger partial charge in [0.15, 0.2) is 0 Å². The second-order valence-corrected chi connectivity index (χ2v) is 4.43. The molecular weight excluding hydrogens is 256 g/mol. The molecule has 2 rings (SSSR count). The number of benzene rings is 2. The normalized spacial score (nSPS) is 10.7. The van der Waals surface area contributed by atoms with E-state index < -0.39 is 5.82 Å². The molecule has 0 radical (unpaired) electrons. The Kier molecular flexibility index (Phi) is 3.94. The molecule has 94 valence electrons. The highest BCUT2D eigenvalue weighted by atomic mass is 35.5. The third-order valence-electron chi connectivity index (χ3n) is 2.61. The molecule has 0 aliphatic carbocycles. The van der Waals surface area contributed by atoms with E-state index in [0.29, 0.717) is 17.1 Å². The standard InChI is InChI=1S/C14H12ClF2N/c1-18-8-10-6-12(16)2-3-14(10)9-4-11(15)7-13(17)5-9/h2-7,18H,8H2,1H3. The van der Waals surface area contributed by atoms with Gasteiger partial charge in [-0.15, -0.1) is 0 Å². The van der Waals surface area contributed by atoms with Crippen LogP contribution in [-0.2, 0) is 6.54 Å². The zero-order valence-electron chi connectivity index (χ0n) is 9.81. The van der Waals surface area contributed by atoms with Crippen LogP contribution in [0.3, 0.4) is 0 Å². The number of rotatable bonds is 3. The van der Waals surface area contributed by atoms with Gasteiger partial charge in [-0.25, -0.2) is 8.78 Å². The van der Waals surface area contributed by atoms with E-state index in [1.807, 2.05) is 0 Å². The fraction of sp³-hybridized carbons (Fsp3) is 0.143. The Labute approximate surface area is 109 Å². The Morgan fingerprint density at radius 1 is 1.06 bits per heavy atom. The van der Waals surface area contributed by atoms with Crippen molar-refractivity contribution in [3.05, 3.63) is 58.6 Å². The molecule has 0 saturated carbocycles. The van der Waals surface area contributed by atoms with Gasteiger partial charge >= 0.3 is 0 Å². The molecule has 0 amide bonds. The molecule has 0 fully saturated rings. The van der Waals surface area contributed by atoms with Crippen LogP contribution in [0.25, 0.3) is 11.1 Å². The van der Waals surface area contributed by atoms with Crippen molar-refractivity contribution in [2.75, 3.05) is 7.05 Å². The van der Waals surface area contributed by atoms with Crippen molar-refractivity contribution in [3.63, 3.8) is 0 Å². The third-order valence-corrected chi connectivity index (χ3v) is 2.83. The topological polar surface area (TPSA) is 12.0 Å². The van der Waals surface area contributed by atoms with Gasteiger partial charge in [0.05, 0.1) is 0 Å². The number of halogens is 3. The summed E-state index contributed by atoms with van der Waals surface area (Å²) in [4.78, 5) is 0. The van der Waals surface area contributed by atoms with Crippen molar-refractivity contribution in [2.45, 2.75) is 6.54 Å². The van der Waals surface area contributed by atoms with Crippen molar-refractivity contribution >= 4 is 11.6 Å². The molecular formula is C14H12ClF2N. The van der Waals surface area contributed by atoms with Crippen LogP contribution >= 0.6 is 11.6 Å². The molecule has 4 heteroatoms. The Morgan fingerprint density at radius 2 is 1.83 bits per heavy atom. The molecule has 2 aromatic carbocycles. The molecule has 0 unspecified atom stereocenters. The van der Waals surface area contributed by atoms with Gasteiger partial charge in [-0.2, -0.15) is 0 Å². The van der Waals surface area contributed by atoms with Crippen LogP contribution in [0.5, 0.6) is 0 Å². The van der Waals surface area contributed by atoms with E-state index in [-0.39, 0.29) is 5.82 Å². The van der Waals surface area contributed by atoms with Crippen LogP contribution in [0.15, 0.2) is 36.4 Å². The summed E-state index contributed by atoms with van der Waals surface area (Å²) in [7, 11) is 1.77. The second-order valence-electron chi connectivity index (χ2n) is 3.99. The first-order valence-electron chi connectivity index (χ1n) is 5.49. The maximum absolute atomic E-state index is 13.3. The fourth-order valence-corrected chi connectivity index (χ4v) is 2.11. The number of nitrogens with one attached hydrogen (secondary N) is 1. The van der Waals surface area contributed by atoms with Crippen molar-refractivity contribution in [1.82, 2.24) is 5.32 Å². The van der Waals surface area contributed by atoms with Gasteiger partial charge in [0.25, 0.3) is 0 Å². The summed E-state index contributed by atoms with van der Waals surface area (Å²) < 4.78 is 26.6. The minimum atomic E-state index is -0.405. The second kappa shape index (κ2) is 5.46. The fourth-order valence-electron chi connectivity index (χ4n) is 1.89. The van der Waals surface area contributed by atoms with E-state index in [1.54, 1.807) is 19.2 Å². The summed E-state index contributed by atoms with van der Waals surface area (Å²) in [5, 5.41) is 3.28. The first-order valence-corrected chi connectivity index (χ1v) is 5.87. The van der Waals surface area contributed by atoms with Crippen LogP contribution in [0.2, 0.25) is 5.02 Å². The average molecular weight is 268 g/mol. The summed E-state index contributed by atoms with van der Waals surface area (Å²) in [5.41, 5.74) is 2.18. The first kappa shape index (κ1) is 13.0. The van der Waals surface area contributed by atoms with Crippen molar-refractivity contribution in [1.29, 1.82) is 0 Å². The molecule has 1 N–H and O–H groups in total. The summed E-state index contributed by atoms with van der Waals surface area (Å²) >= 11 is 5.83. The van der Waals surface area contributed by atoms with Crippen LogP contribution in [-0.4, -0.2) is 7.05 Å². The van der Waals surface area contributed by atoms with Gasteiger partial charge in [0.2, 0.25) is 0 Å². The minimum Gasteiger partial charge on any atom is -0.316 e. The van der Waals surface area contributed by atoms with Crippen molar-refractivity contribution < 1.29 is 8.78 Å². The Balaban J connectivity index is 2.55. The highest BCUT2D eigenvalue weighted by molar-refractivity contribution is 6.30. The van der Waals surface area contributed by atoms with Gasteiger partial charge in [-0.1, -0.05) is 17.7 Å². The largest absolute Gasteiger partial charge is 0.316 e.